The quantitative estimate of drug-likeness (QED) is 0.848. The van der Waals surface area contributed by atoms with Crippen molar-refractivity contribution in [3.8, 4) is 0 Å². The van der Waals surface area contributed by atoms with Gasteiger partial charge >= 0.3 is 5.97 Å². The zero-order chi connectivity index (χ0) is 13.0. The lowest BCUT2D eigenvalue weighted by atomic mass is 10.1. The zero-order valence-electron chi connectivity index (χ0n) is 9.06. The zero-order valence-corrected chi connectivity index (χ0v) is 10.6. The molecular formula is C11H11BrFNO3. The van der Waals surface area contributed by atoms with Gasteiger partial charge in [-0.15, -0.1) is 0 Å². The van der Waals surface area contributed by atoms with Crippen LogP contribution < -0.4 is 0 Å². The predicted molar refractivity (Wildman–Crippen MR) is 62.9 cm³/mol. The molecule has 1 atom stereocenters. The number of halogens is 2. The molecule has 0 bridgehead atoms. The Morgan fingerprint density at radius 1 is 1.65 bits per heavy atom. The highest BCUT2D eigenvalue weighted by Gasteiger charge is 2.27. The van der Waals surface area contributed by atoms with Crippen molar-refractivity contribution in [2.45, 2.75) is 13.0 Å². The Kier molecular flexibility index (Phi) is 4.62. The van der Waals surface area contributed by atoms with E-state index >= 15 is 0 Å². The Labute approximate surface area is 106 Å². The van der Waals surface area contributed by atoms with Crippen molar-refractivity contribution in [2.75, 3.05) is 6.54 Å². The molecule has 92 valence electrons. The fraction of sp³-hybridized carbons (Fsp3) is 0.273. The van der Waals surface area contributed by atoms with Gasteiger partial charge < -0.3 is 10.0 Å². The lowest BCUT2D eigenvalue weighted by Gasteiger charge is -2.24. The third-order valence-electron chi connectivity index (χ3n) is 2.32. The largest absolute Gasteiger partial charge is 0.479 e. The molecule has 0 saturated carbocycles. The van der Waals surface area contributed by atoms with Crippen LogP contribution in [0.25, 0.3) is 0 Å². The summed E-state index contributed by atoms with van der Waals surface area (Å²) < 4.78 is 13.6. The maximum Gasteiger partial charge on any atom is 0.331 e. The van der Waals surface area contributed by atoms with Crippen LogP contribution in [0.2, 0.25) is 0 Å². The van der Waals surface area contributed by atoms with Gasteiger partial charge in [-0.3, -0.25) is 4.79 Å². The highest BCUT2D eigenvalue weighted by Crippen LogP contribution is 2.28. The molecular weight excluding hydrogens is 293 g/mol. The number of carboxylic acid groups (broad SMARTS) is 1. The van der Waals surface area contributed by atoms with Crippen molar-refractivity contribution < 1.29 is 19.1 Å². The number of amides is 1. The van der Waals surface area contributed by atoms with E-state index in [9.17, 15) is 14.0 Å². The summed E-state index contributed by atoms with van der Waals surface area (Å²) in [5.41, 5.74) is 0.214. The van der Waals surface area contributed by atoms with Crippen molar-refractivity contribution >= 4 is 28.3 Å². The summed E-state index contributed by atoms with van der Waals surface area (Å²) in [6.07, 6.45) is 0.441. The van der Waals surface area contributed by atoms with E-state index in [0.29, 0.717) is 10.9 Å². The number of likely N-dealkylation sites (N-methyl/N-ethyl adjacent to an activating group) is 1. The highest BCUT2D eigenvalue weighted by atomic mass is 79.9. The smallest absolute Gasteiger partial charge is 0.331 e. The third-order valence-corrected chi connectivity index (χ3v) is 3.04. The molecule has 0 fully saturated rings. The van der Waals surface area contributed by atoms with Crippen LogP contribution in [-0.2, 0) is 9.59 Å². The summed E-state index contributed by atoms with van der Waals surface area (Å²) in [5, 5.41) is 9.13. The first-order valence-electron chi connectivity index (χ1n) is 4.90. The highest BCUT2D eigenvalue weighted by molar-refractivity contribution is 9.10. The SMILES string of the molecule is CCN(C=O)C(C(=O)O)c1cc(F)ccc1Br. The Balaban J connectivity index is 3.26. The average molecular weight is 304 g/mol. The summed E-state index contributed by atoms with van der Waals surface area (Å²) in [6.45, 7) is 1.88. The monoisotopic (exact) mass is 303 g/mol. The van der Waals surface area contributed by atoms with Gasteiger partial charge in [-0.05, 0) is 25.1 Å². The number of carboxylic acids is 1. The number of nitrogens with zero attached hydrogens (tertiary/aromatic N) is 1. The van der Waals surface area contributed by atoms with Gasteiger partial charge in [0.05, 0.1) is 0 Å². The van der Waals surface area contributed by atoms with E-state index in [-0.39, 0.29) is 12.1 Å². The molecule has 0 spiro atoms. The molecule has 0 radical (unpaired) electrons. The molecule has 4 nitrogen and oxygen atoms in total. The van der Waals surface area contributed by atoms with Crippen LogP contribution >= 0.6 is 15.9 Å². The normalized spacial score (nSPS) is 11.9. The molecule has 0 aliphatic carbocycles. The molecule has 0 saturated heterocycles. The summed E-state index contributed by atoms with van der Waals surface area (Å²) in [7, 11) is 0. The molecule has 1 aromatic rings. The average Bonchev–Trinajstić information content (AvgIpc) is 2.29. The van der Waals surface area contributed by atoms with E-state index < -0.39 is 17.8 Å². The van der Waals surface area contributed by atoms with Crippen molar-refractivity contribution in [2.24, 2.45) is 0 Å². The summed E-state index contributed by atoms with van der Waals surface area (Å²) >= 11 is 3.15. The van der Waals surface area contributed by atoms with Gasteiger partial charge in [0.25, 0.3) is 0 Å². The molecule has 17 heavy (non-hydrogen) atoms. The van der Waals surface area contributed by atoms with Crippen molar-refractivity contribution in [3.63, 3.8) is 0 Å². The van der Waals surface area contributed by atoms with Crippen LogP contribution in [0.15, 0.2) is 22.7 Å². The standard InChI is InChI=1S/C11H11BrFNO3/c1-2-14(6-15)10(11(16)17)8-5-7(13)3-4-9(8)12/h3-6,10H,2H2,1H3,(H,16,17). The number of aliphatic carboxylic acids is 1. The molecule has 1 amide bonds. The number of hydrogen-bond donors (Lipinski definition) is 1. The van der Waals surface area contributed by atoms with Crippen LogP contribution in [0.1, 0.15) is 18.5 Å². The minimum absolute atomic E-state index is 0.214. The Morgan fingerprint density at radius 3 is 2.76 bits per heavy atom. The van der Waals surface area contributed by atoms with E-state index in [4.69, 9.17) is 5.11 Å². The maximum absolute atomic E-state index is 13.1. The Morgan fingerprint density at radius 2 is 2.29 bits per heavy atom. The molecule has 6 heteroatoms. The summed E-state index contributed by atoms with van der Waals surface area (Å²) in [6, 6.07) is 2.54. The van der Waals surface area contributed by atoms with Crippen LogP contribution in [0.5, 0.6) is 0 Å². The summed E-state index contributed by atoms with van der Waals surface area (Å²) in [5.74, 6) is -1.75. The maximum atomic E-state index is 13.1. The molecule has 0 aliphatic heterocycles. The fourth-order valence-electron chi connectivity index (χ4n) is 1.50. The van der Waals surface area contributed by atoms with Gasteiger partial charge in [0.2, 0.25) is 6.41 Å². The third kappa shape index (κ3) is 3.03. The van der Waals surface area contributed by atoms with Gasteiger partial charge in [-0.2, -0.15) is 0 Å². The van der Waals surface area contributed by atoms with Gasteiger partial charge in [0.1, 0.15) is 5.82 Å². The lowest BCUT2D eigenvalue weighted by Crippen LogP contribution is -2.33. The Hall–Kier alpha value is -1.43. The first kappa shape index (κ1) is 13.6. The second-order valence-corrected chi connectivity index (χ2v) is 4.20. The summed E-state index contributed by atoms with van der Waals surface area (Å²) in [4.78, 5) is 23.1. The van der Waals surface area contributed by atoms with Crippen molar-refractivity contribution in [3.05, 3.63) is 34.1 Å². The minimum Gasteiger partial charge on any atom is -0.479 e. The second-order valence-electron chi connectivity index (χ2n) is 3.34. The van der Waals surface area contributed by atoms with E-state index in [2.05, 4.69) is 15.9 Å². The first-order chi connectivity index (χ1) is 8.01. The van der Waals surface area contributed by atoms with Crippen molar-refractivity contribution in [1.29, 1.82) is 0 Å². The van der Waals surface area contributed by atoms with Crippen molar-refractivity contribution in [1.82, 2.24) is 4.90 Å². The van der Waals surface area contributed by atoms with Crippen LogP contribution in [0.3, 0.4) is 0 Å². The van der Waals surface area contributed by atoms with E-state index in [1.807, 2.05) is 0 Å². The molecule has 0 aromatic heterocycles. The minimum atomic E-state index is -1.20. The van der Waals surface area contributed by atoms with Crippen LogP contribution in [0, 0.1) is 5.82 Å². The molecule has 0 aliphatic rings. The van der Waals surface area contributed by atoms with E-state index in [1.165, 1.54) is 12.1 Å². The lowest BCUT2D eigenvalue weighted by molar-refractivity contribution is -0.146. The van der Waals surface area contributed by atoms with Crippen LogP contribution in [-0.4, -0.2) is 28.9 Å². The number of hydrogen-bond acceptors (Lipinski definition) is 2. The second kappa shape index (κ2) is 5.77. The van der Waals surface area contributed by atoms with Crippen LogP contribution in [0.4, 0.5) is 4.39 Å². The first-order valence-corrected chi connectivity index (χ1v) is 5.69. The molecule has 1 unspecified atom stereocenters. The molecule has 0 heterocycles. The number of carbonyl (C=O) groups excluding carboxylic acids is 1. The van der Waals surface area contributed by atoms with Gasteiger partial charge in [0.15, 0.2) is 6.04 Å². The number of carbonyl (C=O) groups is 2. The fourth-order valence-corrected chi connectivity index (χ4v) is 1.96. The Bertz CT molecular complexity index is 439. The van der Waals surface area contributed by atoms with Gasteiger partial charge in [-0.1, -0.05) is 15.9 Å². The number of benzene rings is 1. The molecule has 1 N–H and O–H groups in total. The number of rotatable bonds is 5. The molecule has 1 rings (SSSR count). The van der Waals surface area contributed by atoms with E-state index in [1.54, 1.807) is 6.92 Å². The van der Waals surface area contributed by atoms with E-state index in [0.717, 1.165) is 11.0 Å². The molecule has 1 aromatic carbocycles. The van der Waals surface area contributed by atoms with Gasteiger partial charge in [0, 0.05) is 16.6 Å². The topological polar surface area (TPSA) is 57.6 Å². The predicted octanol–water partition coefficient (Wildman–Crippen LogP) is 2.19. The van der Waals surface area contributed by atoms with Gasteiger partial charge in [-0.25, -0.2) is 9.18 Å².